The molecule has 0 radical (unpaired) electrons. The molecule has 1 aliphatic heterocycles. The Balaban J connectivity index is 1.76. The van der Waals surface area contributed by atoms with Gasteiger partial charge in [0.15, 0.2) is 11.0 Å². The van der Waals surface area contributed by atoms with E-state index in [1.54, 1.807) is 17.8 Å². The average molecular weight is 300 g/mol. The van der Waals surface area contributed by atoms with Gasteiger partial charge in [-0.05, 0) is 25.0 Å². The first-order valence-corrected chi connectivity index (χ1v) is 7.91. The highest BCUT2D eigenvalue weighted by Gasteiger charge is 2.18. The number of aromatic nitrogens is 3. The molecule has 1 aromatic heterocycles. The molecule has 6 heteroatoms. The molecular formula is C15H16N4OS. The van der Waals surface area contributed by atoms with Gasteiger partial charge >= 0.3 is 0 Å². The summed E-state index contributed by atoms with van der Waals surface area (Å²) in [5.41, 5.74) is 1.54. The molecular weight excluding hydrogens is 284 g/mol. The third kappa shape index (κ3) is 3.09. The van der Waals surface area contributed by atoms with E-state index in [1.807, 2.05) is 29.8 Å². The van der Waals surface area contributed by atoms with Crippen LogP contribution in [0.2, 0.25) is 0 Å². The molecule has 21 heavy (non-hydrogen) atoms. The molecule has 1 atom stereocenters. The van der Waals surface area contributed by atoms with E-state index in [1.165, 1.54) is 0 Å². The molecule has 1 aliphatic rings. The third-order valence-corrected chi connectivity index (χ3v) is 4.66. The quantitative estimate of drug-likeness (QED) is 0.812. The number of benzene rings is 1. The Labute approximate surface area is 127 Å². The van der Waals surface area contributed by atoms with Crippen molar-refractivity contribution in [3.63, 3.8) is 0 Å². The lowest BCUT2D eigenvalue weighted by Crippen LogP contribution is -2.08. The minimum absolute atomic E-state index is 0.331. The van der Waals surface area contributed by atoms with Gasteiger partial charge in [-0.1, -0.05) is 23.9 Å². The molecule has 1 aromatic carbocycles. The van der Waals surface area contributed by atoms with Crippen molar-refractivity contribution in [1.29, 1.82) is 5.26 Å². The van der Waals surface area contributed by atoms with E-state index in [9.17, 15) is 0 Å². The Kier molecular flexibility index (Phi) is 4.23. The highest BCUT2D eigenvalue weighted by Crippen LogP contribution is 2.26. The largest absolute Gasteiger partial charge is 0.377 e. The molecule has 1 fully saturated rings. The first-order chi connectivity index (χ1) is 10.3. The van der Waals surface area contributed by atoms with Crippen LogP contribution in [0.1, 0.15) is 18.4 Å². The maximum Gasteiger partial charge on any atom is 0.191 e. The number of hydrogen-bond acceptors (Lipinski definition) is 5. The summed E-state index contributed by atoms with van der Waals surface area (Å²) in [5.74, 6) is 1.69. The predicted octanol–water partition coefficient (Wildman–Crippen LogP) is 2.62. The number of thioether (sulfide) groups is 1. The van der Waals surface area contributed by atoms with Gasteiger partial charge in [-0.3, -0.25) is 0 Å². The number of hydrogen-bond donors (Lipinski definition) is 0. The third-order valence-electron chi connectivity index (χ3n) is 3.51. The van der Waals surface area contributed by atoms with Gasteiger partial charge in [-0.15, -0.1) is 10.2 Å². The Morgan fingerprint density at radius 3 is 3.14 bits per heavy atom. The fraction of sp³-hybridized carbons (Fsp3) is 0.400. The summed E-state index contributed by atoms with van der Waals surface area (Å²) >= 11 is 1.67. The van der Waals surface area contributed by atoms with Crippen LogP contribution in [0.4, 0.5) is 0 Å². The van der Waals surface area contributed by atoms with Crippen LogP contribution in [0.3, 0.4) is 0 Å². The van der Waals surface area contributed by atoms with Crippen molar-refractivity contribution in [1.82, 2.24) is 14.8 Å². The minimum Gasteiger partial charge on any atom is -0.377 e. The van der Waals surface area contributed by atoms with E-state index in [2.05, 4.69) is 16.3 Å². The molecule has 0 aliphatic carbocycles. The van der Waals surface area contributed by atoms with Crippen LogP contribution in [-0.4, -0.2) is 33.2 Å². The van der Waals surface area contributed by atoms with E-state index in [0.717, 1.165) is 41.7 Å². The first kappa shape index (κ1) is 14.1. The molecule has 108 valence electrons. The van der Waals surface area contributed by atoms with Crippen molar-refractivity contribution in [2.45, 2.75) is 24.1 Å². The van der Waals surface area contributed by atoms with Gasteiger partial charge in [-0.2, -0.15) is 5.26 Å². The van der Waals surface area contributed by atoms with Crippen LogP contribution in [-0.2, 0) is 11.8 Å². The molecule has 0 unspecified atom stereocenters. The zero-order valence-electron chi connectivity index (χ0n) is 11.8. The smallest absolute Gasteiger partial charge is 0.191 e. The molecule has 0 spiro atoms. The zero-order chi connectivity index (χ0) is 14.7. The van der Waals surface area contributed by atoms with Crippen molar-refractivity contribution in [2.75, 3.05) is 12.4 Å². The van der Waals surface area contributed by atoms with Gasteiger partial charge in [0.05, 0.1) is 17.7 Å². The van der Waals surface area contributed by atoms with Gasteiger partial charge < -0.3 is 9.30 Å². The second kappa shape index (κ2) is 6.29. The monoisotopic (exact) mass is 300 g/mol. The number of ether oxygens (including phenoxy) is 1. The maximum atomic E-state index is 8.98. The summed E-state index contributed by atoms with van der Waals surface area (Å²) in [6.07, 6.45) is 2.61. The fourth-order valence-electron chi connectivity index (χ4n) is 2.36. The highest BCUT2D eigenvalue weighted by molar-refractivity contribution is 7.99. The van der Waals surface area contributed by atoms with Crippen molar-refractivity contribution >= 4 is 11.8 Å². The Morgan fingerprint density at radius 2 is 2.38 bits per heavy atom. The number of nitriles is 1. The van der Waals surface area contributed by atoms with Crippen molar-refractivity contribution in [2.24, 2.45) is 7.05 Å². The first-order valence-electron chi connectivity index (χ1n) is 6.92. The van der Waals surface area contributed by atoms with Gasteiger partial charge in [-0.25, -0.2) is 0 Å². The molecule has 1 saturated heterocycles. The van der Waals surface area contributed by atoms with Crippen LogP contribution >= 0.6 is 11.8 Å². The van der Waals surface area contributed by atoms with Gasteiger partial charge in [0.1, 0.15) is 0 Å². The van der Waals surface area contributed by atoms with Crippen molar-refractivity contribution < 1.29 is 4.74 Å². The highest BCUT2D eigenvalue weighted by atomic mass is 32.2. The fourth-order valence-corrected chi connectivity index (χ4v) is 3.34. The molecule has 5 nitrogen and oxygen atoms in total. The van der Waals surface area contributed by atoms with Crippen LogP contribution in [0.15, 0.2) is 29.4 Å². The van der Waals surface area contributed by atoms with Crippen LogP contribution < -0.4 is 0 Å². The Hall–Kier alpha value is -1.84. The molecule has 3 rings (SSSR count). The van der Waals surface area contributed by atoms with Crippen LogP contribution in [0.5, 0.6) is 0 Å². The minimum atomic E-state index is 0.331. The van der Waals surface area contributed by atoms with Gasteiger partial charge in [0.25, 0.3) is 0 Å². The van der Waals surface area contributed by atoms with Crippen molar-refractivity contribution in [3.8, 4) is 17.5 Å². The van der Waals surface area contributed by atoms with Crippen LogP contribution in [0, 0.1) is 11.3 Å². The van der Waals surface area contributed by atoms with E-state index in [0.29, 0.717) is 11.7 Å². The predicted molar refractivity (Wildman–Crippen MR) is 80.9 cm³/mol. The van der Waals surface area contributed by atoms with Crippen LogP contribution in [0.25, 0.3) is 11.4 Å². The molecule has 0 saturated carbocycles. The molecule has 0 bridgehead atoms. The lowest BCUT2D eigenvalue weighted by Gasteiger charge is -2.08. The molecule has 2 aromatic rings. The van der Waals surface area contributed by atoms with Gasteiger partial charge in [0.2, 0.25) is 0 Å². The van der Waals surface area contributed by atoms with E-state index in [4.69, 9.17) is 10.00 Å². The van der Waals surface area contributed by atoms with E-state index >= 15 is 0 Å². The summed E-state index contributed by atoms with van der Waals surface area (Å²) < 4.78 is 7.59. The number of rotatable bonds is 4. The van der Waals surface area contributed by atoms with Gasteiger partial charge in [0, 0.05) is 25.0 Å². The van der Waals surface area contributed by atoms with E-state index < -0.39 is 0 Å². The second-order valence-electron chi connectivity index (χ2n) is 5.00. The topological polar surface area (TPSA) is 63.7 Å². The van der Waals surface area contributed by atoms with E-state index in [-0.39, 0.29) is 0 Å². The Bertz CT molecular complexity index is 671. The molecule has 0 amide bonds. The normalized spacial score (nSPS) is 17.8. The SMILES string of the molecule is Cn1c(SC[C@@H]2CCCO2)nnc1-c1cccc(C#N)c1. The Morgan fingerprint density at radius 1 is 1.48 bits per heavy atom. The molecule has 2 heterocycles. The average Bonchev–Trinajstić information content (AvgIpc) is 3.15. The lowest BCUT2D eigenvalue weighted by molar-refractivity contribution is 0.129. The maximum absolute atomic E-state index is 8.98. The van der Waals surface area contributed by atoms with Crippen molar-refractivity contribution in [3.05, 3.63) is 29.8 Å². The summed E-state index contributed by atoms with van der Waals surface area (Å²) in [6.45, 7) is 0.871. The standard InChI is InChI=1S/C15H16N4OS/c1-19-14(12-5-2-4-11(8-12)9-16)17-18-15(19)21-10-13-6-3-7-20-13/h2,4-5,8,13H,3,6-7,10H2,1H3/t13-/m0/s1. The lowest BCUT2D eigenvalue weighted by atomic mass is 10.1. The summed E-state index contributed by atoms with van der Waals surface area (Å²) in [7, 11) is 1.95. The zero-order valence-corrected chi connectivity index (χ0v) is 12.6. The molecule has 0 N–H and O–H groups in total. The summed E-state index contributed by atoms with van der Waals surface area (Å²) in [6, 6.07) is 9.57. The summed E-state index contributed by atoms with van der Waals surface area (Å²) in [5, 5.41) is 18.4. The summed E-state index contributed by atoms with van der Waals surface area (Å²) in [4.78, 5) is 0. The second-order valence-corrected chi connectivity index (χ2v) is 5.99. The number of nitrogens with zero attached hydrogens (tertiary/aromatic N) is 4.